The SMILES string of the molecule is C=CC(CC)NC(=O)COC1CCCC(COCC(=O)NCCn2c(O)cc(SC(C)CC)c2O)O1. The Morgan fingerprint density at radius 3 is 2.75 bits per heavy atom. The largest absolute Gasteiger partial charge is 0.494 e. The fourth-order valence-corrected chi connectivity index (χ4v) is 4.59. The van der Waals surface area contributed by atoms with Gasteiger partial charge in [-0.1, -0.05) is 26.8 Å². The van der Waals surface area contributed by atoms with Crippen LogP contribution in [0.5, 0.6) is 11.8 Å². The van der Waals surface area contributed by atoms with Crippen molar-refractivity contribution in [3.8, 4) is 11.8 Å². The molecule has 4 unspecified atom stereocenters. The number of amides is 2. The monoisotopic (exact) mass is 527 g/mol. The number of nitrogens with one attached hydrogen (secondary N) is 2. The summed E-state index contributed by atoms with van der Waals surface area (Å²) < 4.78 is 18.3. The Morgan fingerprint density at radius 1 is 1.28 bits per heavy atom. The molecule has 0 saturated carbocycles. The molecule has 1 fully saturated rings. The van der Waals surface area contributed by atoms with Crippen molar-refractivity contribution >= 4 is 23.6 Å². The maximum Gasteiger partial charge on any atom is 0.246 e. The average molecular weight is 528 g/mol. The van der Waals surface area contributed by atoms with Gasteiger partial charge in [0.2, 0.25) is 17.7 Å². The zero-order valence-corrected chi connectivity index (χ0v) is 22.3. The van der Waals surface area contributed by atoms with Crippen LogP contribution >= 0.6 is 11.8 Å². The van der Waals surface area contributed by atoms with Crippen molar-refractivity contribution in [1.82, 2.24) is 15.2 Å². The van der Waals surface area contributed by atoms with Crippen LogP contribution in [0.2, 0.25) is 0 Å². The van der Waals surface area contributed by atoms with Gasteiger partial charge in [0.25, 0.3) is 0 Å². The summed E-state index contributed by atoms with van der Waals surface area (Å²) in [5.41, 5.74) is 0. The van der Waals surface area contributed by atoms with Crippen LogP contribution in [0, 0.1) is 0 Å². The van der Waals surface area contributed by atoms with E-state index in [1.165, 1.54) is 22.4 Å². The minimum atomic E-state index is -0.485. The smallest absolute Gasteiger partial charge is 0.246 e. The summed E-state index contributed by atoms with van der Waals surface area (Å²) in [6.45, 7) is 10.2. The maximum atomic E-state index is 12.1. The van der Waals surface area contributed by atoms with Crippen molar-refractivity contribution in [2.45, 2.75) is 88.0 Å². The van der Waals surface area contributed by atoms with Gasteiger partial charge in [-0.2, -0.15) is 0 Å². The predicted molar refractivity (Wildman–Crippen MR) is 138 cm³/mol. The lowest BCUT2D eigenvalue weighted by Crippen LogP contribution is -2.39. The first-order valence-electron chi connectivity index (χ1n) is 12.6. The van der Waals surface area contributed by atoms with Crippen molar-refractivity contribution in [1.29, 1.82) is 0 Å². The highest BCUT2D eigenvalue weighted by atomic mass is 32.2. The first-order chi connectivity index (χ1) is 17.3. The fraction of sp³-hybridized carbons (Fsp3) is 0.680. The van der Waals surface area contributed by atoms with Gasteiger partial charge < -0.3 is 35.1 Å². The second-order valence-corrected chi connectivity index (χ2v) is 10.3. The van der Waals surface area contributed by atoms with Gasteiger partial charge in [0, 0.05) is 30.4 Å². The van der Waals surface area contributed by atoms with Gasteiger partial charge in [-0.3, -0.25) is 14.2 Å². The number of ether oxygens (including phenoxy) is 3. The molecule has 4 atom stereocenters. The van der Waals surface area contributed by atoms with Crippen LogP contribution in [0.1, 0.15) is 52.9 Å². The molecular weight excluding hydrogens is 486 g/mol. The van der Waals surface area contributed by atoms with E-state index in [9.17, 15) is 19.8 Å². The van der Waals surface area contributed by atoms with E-state index in [1.54, 1.807) is 6.08 Å². The maximum absolute atomic E-state index is 12.1. The second kappa shape index (κ2) is 15.8. The van der Waals surface area contributed by atoms with Crippen LogP contribution in [0.15, 0.2) is 23.6 Å². The van der Waals surface area contributed by atoms with Crippen molar-refractivity contribution in [3.05, 3.63) is 18.7 Å². The number of carbonyl (C=O) groups is 2. The van der Waals surface area contributed by atoms with E-state index in [0.29, 0.717) is 16.6 Å². The molecule has 1 aliphatic rings. The van der Waals surface area contributed by atoms with Crippen molar-refractivity contribution in [2.24, 2.45) is 0 Å². The van der Waals surface area contributed by atoms with Crippen LogP contribution in [0.25, 0.3) is 0 Å². The van der Waals surface area contributed by atoms with Crippen LogP contribution in [0.4, 0.5) is 0 Å². The molecule has 36 heavy (non-hydrogen) atoms. The summed E-state index contributed by atoms with van der Waals surface area (Å²) in [5, 5.41) is 26.3. The summed E-state index contributed by atoms with van der Waals surface area (Å²) in [6.07, 6.45) is 5.04. The fourth-order valence-electron chi connectivity index (χ4n) is 3.60. The number of hydrogen-bond acceptors (Lipinski definition) is 8. The van der Waals surface area contributed by atoms with E-state index in [1.807, 2.05) is 6.92 Å². The van der Waals surface area contributed by atoms with Gasteiger partial charge in [-0.05, 0) is 32.1 Å². The number of nitrogens with zero attached hydrogens (tertiary/aromatic N) is 1. The number of carbonyl (C=O) groups excluding carboxylic acids is 2. The second-order valence-electron chi connectivity index (χ2n) is 8.79. The number of thioether (sulfide) groups is 1. The molecule has 11 heteroatoms. The van der Waals surface area contributed by atoms with Gasteiger partial charge >= 0.3 is 0 Å². The highest BCUT2D eigenvalue weighted by Gasteiger charge is 2.24. The van der Waals surface area contributed by atoms with Gasteiger partial charge in [0.1, 0.15) is 13.2 Å². The molecule has 2 heterocycles. The Balaban J connectivity index is 1.64. The Bertz CT molecular complexity index is 848. The normalized spacial score (nSPS) is 19.4. The molecule has 4 N–H and O–H groups in total. The molecule has 10 nitrogen and oxygen atoms in total. The van der Waals surface area contributed by atoms with E-state index in [2.05, 4.69) is 31.1 Å². The van der Waals surface area contributed by atoms with E-state index >= 15 is 0 Å². The Labute approximate surface area is 217 Å². The lowest BCUT2D eigenvalue weighted by Gasteiger charge is -2.29. The van der Waals surface area contributed by atoms with E-state index in [4.69, 9.17) is 14.2 Å². The molecule has 0 aliphatic carbocycles. The Kier molecular flexibility index (Phi) is 13.2. The molecule has 1 aromatic heterocycles. The summed E-state index contributed by atoms with van der Waals surface area (Å²) in [5.74, 6) is -0.563. The lowest BCUT2D eigenvalue weighted by atomic mass is 10.1. The third-order valence-corrected chi connectivity index (χ3v) is 7.18. The zero-order valence-electron chi connectivity index (χ0n) is 21.5. The zero-order chi connectivity index (χ0) is 26.5. The molecule has 0 bridgehead atoms. The van der Waals surface area contributed by atoms with Gasteiger partial charge in [-0.15, -0.1) is 18.3 Å². The van der Waals surface area contributed by atoms with Gasteiger partial charge in [0.05, 0.1) is 17.6 Å². The number of rotatable bonds is 16. The van der Waals surface area contributed by atoms with E-state index < -0.39 is 6.29 Å². The standard InChI is InChI=1S/C25H41N3O7S/c1-5-17(4)36-20-13-23(31)28(25(20)32)12-11-26-21(29)15-33-14-19-9-8-10-24(35-19)34-16-22(30)27-18(6-2)7-3/h6,13,17-19,24,31-32H,2,5,7-12,14-16H2,1,3-4H3,(H,26,29)(H,27,30). The van der Waals surface area contributed by atoms with Gasteiger partial charge in [-0.25, -0.2) is 0 Å². The quantitative estimate of drug-likeness (QED) is 0.191. The van der Waals surface area contributed by atoms with E-state index in [-0.39, 0.29) is 68.6 Å². The molecule has 0 spiro atoms. The first kappa shape index (κ1) is 30.0. The molecule has 1 saturated heterocycles. The molecular formula is C25H41N3O7S. The Morgan fingerprint density at radius 2 is 2.06 bits per heavy atom. The molecule has 2 rings (SSSR count). The van der Waals surface area contributed by atoms with Gasteiger partial charge in [0.15, 0.2) is 12.2 Å². The molecule has 2 amide bonds. The van der Waals surface area contributed by atoms with Crippen LogP contribution in [-0.2, 0) is 30.3 Å². The molecule has 1 aliphatic heterocycles. The summed E-state index contributed by atoms with van der Waals surface area (Å²) in [6, 6.07) is 1.46. The molecule has 0 aromatic carbocycles. The Hall–Kier alpha value is -2.21. The summed E-state index contributed by atoms with van der Waals surface area (Å²) >= 11 is 1.50. The number of hydrogen-bond donors (Lipinski definition) is 4. The third kappa shape index (κ3) is 10.0. The first-order valence-corrected chi connectivity index (χ1v) is 13.5. The highest BCUT2D eigenvalue weighted by Crippen LogP contribution is 2.37. The third-order valence-electron chi connectivity index (χ3n) is 5.89. The van der Waals surface area contributed by atoms with Crippen LogP contribution in [-0.4, -0.2) is 76.6 Å². The van der Waals surface area contributed by atoms with E-state index in [0.717, 1.165) is 25.7 Å². The molecule has 0 radical (unpaired) electrons. The number of aromatic hydroxyl groups is 2. The molecule has 1 aromatic rings. The topological polar surface area (TPSA) is 131 Å². The molecule has 204 valence electrons. The van der Waals surface area contributed by atoms with Crippen molar-refractivity contribution < 1.29 is 34.0 Å². The summed E-state index contributed by atoms with van der Waals surface area (Å²) in [4.78, 5) is 24.7. The van der Waals surface area contributed by atoms with Crippen LogP contribution in [0.3, 0.4) is 0 Å². The van der Waals surface area contributed by atoms with Crippen molar-refractivity contribution in [2.75, 3.05) is 26.4 Å². The average Bonchev–Trinajstić information content (AvgIpc) is 3.13. The predicted octanol–water partition coefficient (Wildman–Crippen LogP) is 2.92. The van der Waals surface area contributed by atoms with Crippen molar-refractivity contribution in [3.63, 3.8) is 0 Å². The summed E-state index contributed by atoms with van der Waals surface area (Å²) in [7, 11) is 0. The minimum Gasteiger partial charge on any atom is -0.494 e. The van der Waals surface area contributed by atoms with Crippen LogP contribution < -0.4 is 10.6 Å². The number of aromatic nitrogens is 1. The lowest BCUT2D eigenvalue weighted by molar-refractivity contribution is -0.205. The minimum absolute atomic E-state index is 0.00196. The highest BCUT2D eigenvalue weighted by molar-refractivity contribution is 8.00.